The zero-order valence-electron chi connectivity index (χ0n) is 14.5. The highest BCUT2D eigenvalue weighted by atomic mass is 19.1. The Morgan fingerprint density at radius 2 is 2.00 bits per heavy atom. The summed E-state index contributed by atoms with van der Waals surface area (Å²) in [4.78, 5) is 21.0. The van der Waals surface area contributed by atoms with E-state index >= 15 is 0 Å². The molecule has 0 aromatic carbocycles. The van der Waals surface area contributed by atoms with Crippen LogP contribution in [0, 0.1) is 11.7 Å². The van der Waals surface area contributed by atoms with Crippen LogP contribution in [0.2, 0.25) is 0 Å². The number of pyridine rings is 1. The molecule has 128 valence electrons. The summed E-state index contributed by atoms with van der Waals surface area (Å²) in [5, 5.41) is 2.61. The van der Waals surface area contributed by atoms with Crippen molar-refractivity contribution in [2.24, 2.45) is 5.92 Å². The van der Waals surface area contributed by atoms with E-state index in [0.717, 1.165) is 32.7 Å². The van der Waals surface area contributed by atoms with Crippen molar-refractivity contribution >= 4 is 11.7 Å². The fourth-order valence-electron chi connectivity index (χ4n) is 2.89. The lowest BCUT2D eigenvalue weighted by Crippen LogP contribution is -2.59. The molecule has 1 aromatic heterocycles. The van der Waals surface area contributed by atoms with Crippen LogP contribution in [0.3, 0.4) is 0 Å². The van der Waals surface area contributed by atoms with Gasteiger partial charge in [-0.05, 0) is 31.9 Å². The maximum Gasteiger partial charge on any atom is 0.245 e. The molecule has 0 atom stereocenters. The second-order valence-electron chi connectivity index (χ2n) is 7.03. The number of hydrogen-bond donors (Lipinski definition) is 1. The van der Waals surface area contributed by atoms with Crippen molar-refractivity contribution in [3.8, 4) is 0 Å². The number of nitrogens with zero attached hydrogens (tertiary/aromatic N) is 3. The van der Waals surface area contributed by atoms with Crippen molar-refractivity contribution in [3.63, 3.8) is 0 Å². The second-order valence-corrected chi connectivity index (χ2v) is 7.03. The number of anilines is 1. The number of halogens is 1. The molecule has 23 heavy (non-hydrogen) atoms. The van der Waals surface area contributed by atoms with Gasteiger partial charge in [-0.25, -0.2) is 9.37 Å². The Labute approximate surface area is 137 Å². The van der Waals surface area contributed by atoms with Gasteiger partial charge in [0.05, 0.1) is 5.54 Å². The summed E-state index contributed by atoms with van der Waals surface area (Å²) in [5.41, 5.74) is -0.701. The van der Waals surface area contributed by atoms with Crippen LogP contribution in [-0.4, -0.2) is 59.0 Å². The summed E-state index contributed by atoms with van der Waals surface area (Å²) >= 11 is 0. The van der Waals surface area contributed by atoms with Gasteiger partial charge in [-0.1, -0.05) is 13.8 Å². The summed E-state index contributed by atoms with van der Waals surface area (Å²) in [6, 6.07) is 2.80. The highest BCUT2D eigenvalue weighted by molar-refractivity contribution is 5.96. The predicted octanol–water partition coefficient (Wildman–Crippen LogP) is 2.21. The normalized spacial score (nSPS) is 17.5. The quantitative estimate of drug-likeness (QED) is 0.903. The monoisotopic (exact) mass is 322 g/mol. The van der Waals surface area contributed by atoms with Crippen LogP contribution in [0.15, 0.2) is 18.3 Å². The minimum Gasteiger partial charge on any atom is -0.307 e. The summed E-state index contributed by atoms with van der Waals surface area (Å²) < 4.78 is 13.7. The molecular weight excluding hydrogens is 295 g/mol. The van der Waals surface area contributed by atoms with Gasteiger partial charge in [-0.15, -0.1) is 0 Å². The average Bonchev–Trinajstić information content (AvgIpc) is 2.49. The third-order valence-electron chi connectivity index (χ3n) is 4.33. The van der Waals surface area contributed by atoms with Crippen molar-refractivity contribution in [2.75, 3.05) is 38.0 Å². The second kappa shape index (κ2) is 7.36. The van der Waals surface area contributed by atoms with Crippen LogP contribution in [0.1, 0.15) is 27.7 Å². The Morgan fingerprint density at radius 3 is 2.57 bits per heavy atom. The highest BCUT2D eigenvalue weighted by Gasteiger charge is 2.36. The van der Waals surface area contributed by atoms with E-state index in [1.165, 1.54) is 18.3 Å². The first-order chi connectivity index (χ1) is 10.8. The zero-order valence-corrected chi connectivity index (χ0v) is 14.5. The minimum absolute atomic E-state index is 0.0102. The number of nitrogens with one attached hydrogen (secondary N) is 1. The molecule has 2 heterocycles. The predicted molar refractivity (Wildman–Crippen MR) is 89.8 cm³/mol. The van der Waals surface area contributed by atoms with Gasteiger partial charge in [0.25, 0.3) is 0 Å². The van der Waals surface area contributed by atoms with E-state index in [0.29, 0.717) is 5.92 Å². The van der Waals surface area contributed by atoms with Crippen LogP contribution in [-0.2, 0) is 4.79 Å². The van der Waals surface area contributed by atoms with E-state index in [9.17, 15) is 9.18 Å². The fourth-order valence-corrected chi connectivity index (χ4v) is 2.89. The van der Waals surface area contributed by atoms with E-state index in [1.54, 1.807) is 0 Å². The minimum atomic E-state index is -0.701. The molecule has 0 radical (unpaired) electrons. The molecule has 2 rings (SSSR count). The van der Waals surface area contributed by atoms with Crippen molar-refractivity contribution in [1.82, 2.24) is 14.8 Å². The molecule has 0 unspecified atom stereocenters. The third-order valence-corrected chi connectivity index (χ3v) is 4.33. The van der Waals surface area contributed by atoms with Gasteiger partial charge in [-0.3, -0.25) is 9.69 Å². The van der Waals surface area contributed by atoms with Crippen molar-refractivity contribution in [3.05, 3.63) is 24.1 Å². The van der Waals surface area contributed by atoms with Crippen LogP contribution in [0.5, 0.6) is 0 Å². The van der Waals surface area contributed by atoms with Crippen LogP contribution in [0.4, 0.5) is 10.2 Å². The molecule has 0 aliphatic carbocycles. The van der Waals surface area contributed by atoms with Gasteiger partial charge < -0.3 is 10.2 Å². The Hall–Kier alpha value is -1.53. The molecule has 1 amide bonds. The van der Waals surface area contributed by atoms with Crippen molar-refractivity contribution < 1.29 is 9.18 Å². The topological polar surface area (TPSA) is 48.5 Å². The highest BCUT2D eigenvalue weighted by Crippen LogP contribution is 2.20. The molecule has 6 heteroatoms. The van der Waals surface area contributed by atoms with Gasteiger partial charge in [0.1, 0.15) is 0 Å². The molecule has 1 N–H and O–H groups in total. The van der Waals surface area contributed by atoms with Crippen LogP contribution >= 0.6 is 0 Å². The number of piperazine rings is 1. The maximum absolute atomic E-state index is 13.7. The lowest BCUT2D eigenvalue weighted by atomic mass is 10.00. The summed E-state index contributed by atoms with van der Waals surface area (Å²) in [5.74, 6) is -0.111. The molecule has 0 bridgehead atoms. The van der Waals surface area contributed by atoms with E-state index in [-0.39, 0.29) is 11.7 Å². The first-order valence-electron chi connectivity index (χ1n) is 8.20. The average molecular weight is 322 g/mol. The summed E-state index contributed by atoms with van der Waals surface area (Å²) in [7, 11) is 0. The van der Waals surface area contributed by atoms with Crippen molar-refractivity contribution in [2.45, 2.75) is 33.2 Å². The van der Waals surface area contributed by atoms with Crippen LogP contribution < -0.4 is 5.32 Å². The van der Waals surface area contributed by atoms with Gasteiger partial charge in [-0.2, -0.15) is 0 Å². The number of carbonyl (C=O) groups excluding carboxylic acids is 1. The molecule has 1 aliphatic rings. The first-order valence-corrected chi connectivity index (χ1v) is 8.20. The Bertz CT molecular complexity index is 539. The Kier molecular flexibility index (Phi) is 5.70. The Morgan fingerprint density at radius 1 is 1.35 bits per heavy atom. The summed E-state index contributed by atoms with van der Waals surface area (Å²) in [6.07, 6.45) is 1.47. The lowest BCUT2D eigenvalue weighted by Gasteiger charge is -2.43. The van der Waals surface area contributed by atoms with Crippen molar-refractivity contribution in [1.29, 1.82) is 0 Å². The van der Waals surface area contributed by atoms with Crippen LogP contribution in [0.25, 0.3) is 0 Å². The zero-order chi connectivity index (χ0) is 17.0. The fraction of sp³-hybridized carbons (Fsp3) is 0.647. The molecule has 0 saturated carbocycles. The number of amides is 1. The number of carbonyl (C=O) groups is 1. The molecule has 1 fully saturated rings. The van der Waals surface area contributed by atoms with E-state index in [4.69, 9.17) is 0 Å². The van der Waals surface area contributed by atoms with E-state index < -0.39 is 11.4 Å². The van der Waals surface area contributed by atoms with E-state index in [2.05, 4.69) is 33.9 Å². The summed E-state index contributed by atoms with van der Waals surface area (Å²) in [6.45, 7) is 12.8. The lowest BCUT2D eigenvalue weighted by molar-refractivity contribution is -0.127. The molecule has 1 saturated heterocycles. The van der Waals surface area contributed by atoms with Gasteiger partial charge >= 0.3 is 0 Å². The Balaban J connectivity index is 1.96. The third kappa shape index (κ3) is 4.48. The first kappa shape index (κ1) is 17.8. The number of rotatable bonds is 5. The molecule has 0 spiro atoms. The SMILES string of the molecule is CC(C)CN1CCN(C(C)(C)C(=O)Nc2ncccc2F)CC1. The maximum atomic E-state index is 13.7. The number of hydrogen-bond acceptors (Lipinski definition) is 4. The molecule has 1 aliphatic heterocycles. The number of aromatic nitrogens is 1. The van der Waals surface area contributed by atoms with Gasteiger partial charge in [0.15, 0.2) is 11.6 Å². The standard InChI is InChI=1S/C17H27FN4O/c1-13(2)12-21-8-10-22(11-9-21)17(3,4)16(23)20-15-14(18)6-5-7-19-15/h5-7,13H,8-12H2,1-4H3,(H,19,20,23). The molecular formula is C17H27FN4O. The smallest absolute Gasteiger partial charge is 0.245 e. The van der Waals surface area contributed by atoms with Gasteiger partial charge in [0, 0.05) is 38.9 Å². The molecule has 1 aromatic rings. The van der Waals surface area contributed by atoms with Gasteiger partial charge in [0.2, 0.25) is 5.91 Å². The molecule has 5 nitrogen and oxygen atoms in total. The van der Waals surface area contributed by atoms with E-state index in [1.807, 2.05) is 13.8 Å². The largest absolute Gasteiger partial charge is 0.307 e.